The Morgan fingerprint density at radius 2 is 0.586 bits per heavy atom. The zero-order valence-electron chi connectivity index (χ0n) is 41.9. The number of allylic oxidation sites excluding steroid dienone is 3. The standard InChI is InChI=1S/C36H50O4.C14H10O4.C11H21Br/c1-3-5-7-9-11-13-15-17-19-29-39-33-25-21-31(22-26-33)35(37)36(38)32-23-27-34(28-24-32)40-30-20-18-16-14-12-10-8-6-4-2;15-11-5-1-9(2-6-11)13(17)14(18)10-3-7-12(16)8-4-10;1-2-3-4-5-6-7-8-9-10-11-12/h3-4,21-28H,1-2,5-20,29-30H2;1-8,15-16H;2H,1,3-11H2. The highest BCUT2D eigenvalue weighted by molar-refractivity contribution is 9.09. The molecule has 2 N–H and O–H groups in total. The van der Waals surface area contributed by atoms with Crippen molar-refractivity contribution >= 4 is 39.1 Å². The number of alkyl halides is 1. The molecule has 0 aliphatic carbocycles. The Labute approximate surface area is 428 Å². The lowest BCUT2D eigenvalue weighted by molar-refractivity contribution is 0.0817. The van der Waals surface area contributed by atoms with Crippen LogP contribution in [0.5, 0.6) is 23.0 Å². The summed E-state index contributed by atoms with van der Waals surface area (Å²) in [7, 11) is 0. The highest BCUT2D eigenvalue weighted by Crippen LogP contribution is 2.20. The number of hydrogen-bond acceptors (Lipinski definition) is 8. The van der Waals surface area contributed by atoms with Crippen molar-refractivity contribution < 1.29 is 38.9 Å². The van der Waals surface area contributed by atoms with Gasteiger partial charge in [-0.1, -0.05) is 130 Å². The third kappa shape index (κ3) is 28.2. The molecule has 0 radical (unpaired) electrons. The Balaban J connectivity index is 0.000000455. The van der Waals surface area contributed by atoms with Crippen molar-refractivity contribution in [3.63, 3.8) is 0 Å². The molecule has 0 bridgehead atoms. The predicted molar refractivity (Wildman–Crippen MR) is 293 cm³/mol. The first-order chi connectivity index (χ1) is 34.1. The van der Waals surface area contributed by atoms with E-state index in [0.717, 1.165) is 50.0 Å². The molecule has 0 aliphatic rings. The summed E-state index contributed by atoms with van der Waals surface area (Å²) in [5, 5.41) is 19.4. The molecular weight excluding hydrogens is 941 g/mol. The second-order valence-electron chi connectivity index (χ2n) is 17.5. The number of carbonyl (C=O) groups excluding carboxylic acids is 4. The van der Waals surface area contributed by atoms with Gasteiger partial charge >= 0.3 is 0 Å². The molecule has 0 saturated heterocycles. The number of halogens is 1. The zero-order chi connectivity index (χ0) is 50.9. The molecule has 0 amide bonds. The Morgan fingerprint density at radius 1 is 0.357 bits per heavy atom. The van der Waals surface area contributed by atoms with Crippen molar-refractivity contribution in [3.05, 3.63) is 157 Å². The van der Waals surface area contributed by atoms with E-state index in [2.05, 4.69) is 35.7 Å². The summed E-state index contributed by atoms with van der Waals surface area (Å²) < 4.78 is 11.6. The lowest BCUT2D eigenvalue weighted by Crippen LogP contribution is -2.14. The molecule has 0 heterocycles. The summed E-state index contributed by atoms with van der Waals surface area (Å²) >= 11 is 3.44. The van der Waals surface area contributed by atoms with Crippen molar-refractivity contribution in [1.29, 1.82) is 0 Å². The van der Waals surface area contributed by atoms with Crippen LogP contribution in [0.15, 0.2) is 135 Å². The molecule has 0 saturated carbocycles. The van der Waals surface area contributed by atoms with Crippen LogP contribution in [-0.4, -0.2) is 51.9 Å². The monoisotopic (exact) mass is 1020 g/mol. The topological polar surface area (TPSA) is 127 Å². The van der Waals surface area contributed by atoms with Gasteiger partial charge in [-0.15, -0.1) is 19.7 Å². The SMILES string of the molecule is C=CCCCCCCCCCBr.C=CCCCCCCCCCOc1ccc(C(=O)C(=O)c2ccc(OCCCCCCCCCC=C)cc2)cc1.O=C(C(=O)c1ccc(O)cc1)c1ccc(O)cc1. The Hall–Kier alpha value is -5.54. The van der Waals surface area contributed by atoms with E-state index in [4.69, 9.17) is 19.7 Å². The smallest absolute Gasteiger partial charge is 0.233 e. The second kappa shape index (κ2) is 40.2. The number of phenolic OH excluding ortho intramolecular Hbond substituents is 2. The van der Waals surface area contributed by atoms with Crippen molar-refractivity contribution in [3.8, 4) is 23.0 Å². The van der Waals surface area contributed by atoms with Crippen molar-refractivity contribution in [2.24, 2.45) is 0 Å². The van der Waals surface area contributed by atoms with Crippen LogP contribution in [0.1, 0.15) is 196 Å². The molecule has 0 unspecified atom stereocenters. The lowest BCUT2D eigenvalue weighted by atomic mass is 10.0. The van der Waals surface area contributed by atoms with Gasteiger partial charge < -0.3 is 19.7 Å². The van der Waals surface area contributed by atoms with E-state index in [1.165, 1.54) is 169 Å². The number of Topliss-reactive ketones (excluding diaryl/α,β-unsaturated/α-hetero) is 4. The minimum Gasteiger partial charge on any atom is -0.508 e. The average Bonchev–Trinajstić information content (AvgIpc) is 3.38. The van der Waals surface area contributed by atoms with Gasteiger partial charge in [-0.2, -0.15) is 0 Å². The van der Waals surface area contributed by atoms with Gasteiger partial charge in [0.25, 0.3) is 0 Å². The summed E-state index contributed by atoms with van der Waals surface area (Å²) in [5.74, 6) is -0.832. The van der Waals surface area contributed by atoms with Gasteiger partial charge in [-0.05, 0) is 155 Å². The number of unbranched alkanes of at least 4 members (excludes halogenated alkanes) is 21. The van der Waals surface area contributed by atoms with E-state index >= 15 is 0 Å². The van der Waals surface area contributed by atoms with Gasteiger partial charge in [0.2, 0.25) is 23.1 Å². The first kappa shape index (κ1) is 60.6. The highest BCUT2D eigenvalue weighted by Gasteiger charge is 2.19. The van der Waals surface area contributed by atoms with Gasteiger partial charge in [-0.3, -0.25) is 19.2 Å². The van der Waals surface area contributed by atoms with Crippen LogP contribution < -0.4 is 9.47 Å². The quantitative estimate of drug-likeness (QED) is 0.0150. The van der Waals surface area contributed by atoms with E-state index in [-0.39, 0.29) is 22.6 Å². The van der Waals surface area contributed by atoms with E-state index in [9.17, 15) is 19.2 Å². The molecule has 9 heteroatoms. The van der Waals surface area contributed by atoms with Gasteiger partial charge in [0, 0.05) is 27.6 Å². The largest absolute Gasteiger partial charge is 0.508 e. The Bertz CT molecular complexity index is 1900. The van der Waals surface area contributed by atoms with E-state index < -0.39 is 23.1 Å². The number of phenols is 2. The summed E-state index contributed by atoms with van der Waals surface area (Å²) in [5.41, 5.74) is 1.17. The van der Waals surface area contributed by atoms with Crippen LogP contribution in [0.2, 0.25) is 0 Å². The maximum Gasteiger partial charge on any atom is 0.233 e. The molecule has 8 nitrogen and oxygen atoms in total. The number of benzene rings is 4. The fourth-order valence-electron chi connectivity index (χ4n) is 7.35. The van der Waals surface area contributed by atoms with Crippen LogP contribution >= 0.6 is 15.9 Å². The van der Waals surface area contributed by atoms with Gasteiger partial charge in [0.15, 0.2) is 0 Å². The van der Waals surface area contributed by atoms with Gasteiger partial charge in [0.05, 0.1) is 13.2 Å². The summed E-state index contributed by atoms with van der Waals surface area (Å²) in [6.45, 7) is 12.6. The normalized spacial score (nSPS) is 10.4. The van der Waals surface area contributed by atoms with Crippen LogP contribution in [0.3, 0.4) is 0 Å². The first-order valence-corrected chi connectivity index (χ1v) is 26.9. The van der Waals surface area contributed by atoms with E-state index in [0.29, 0.717) is 24.3 Å². The molecule has 0 fully saturated rings. The zero-order valence-corrected chi connectivity index (χ0v) is 43.5. The molecule has 0 aromatic heterocycles. The number of aromatic hydroxyl groups is 2. The predicted octanol–water partition coefficient (Wildman–Crippen LogP) is 17.0. The van der Waals surface area contributed by atoms with Crippen LogP contribution in [-0.2, 0) is 0 Å². The number of ketones is 4. The molecule has 0 aliphatic heterocycles. The number of hydrogen-bond donors (Lipinski definition) is 2. The maximum absolute atomic E-state index is 12.7. The second-order valence-corrected chi connectivity index (χ2v) is 18.3. The third-order valence-corrected chi connectivity index (χ3v) is 12.1. The molecule has 380 valence electrons. The van der Waals surface area contributed by atoms with E-state index in [1.54, 1.807) is 48.5 Å². The third-order valence-electron chi connectivity index (χ3n) is 11.6. The van der Waals surface area contributed by atoms with Gasteiger partial charge in [-0.25, -0.2) is 0 Å². The number of ether oxygens (including phenoxy) is 2. The molecule has 0 atom stereocenters. The van der Waals surface area contributed by atoms with Crippen molar-refractivity contribution in [2.75, 3.05) is 18.5 Å². The number of rotatable bonds is 37. The summed E-state index contributed by atoms with van der Waals surface area (Å²) in [6, 6.07) is 24.6. The maximum atomic E-state index is 12.7. The highest BCUT2D eigenvalue weighted by atomic mass is 79.9. The Morgan fingerprint density at radius 3 is 0.843 bits per heavy atom. The first-order valence-electron chi connectivity index (χ1n) is 25.8. The molecule has 4 aromatic rings. The molecule has 4 aromatic carbocycles. The average molecular weight is 1020 g/mol. The minimum atomic E-state index is -0.652. The molecular formula is C61H81BrO8. The summed E-state index contributed by atoms with van der Waals surface area (Å²) in [6.07, 6.45) is 36.1. The fraction of sp³-hybridized carbons (Fsp3) is 0.443. The van der Waals surface area contributed by atoms with Crippen molar-refractivity contribution in [2.45, 2.75) is 154 Å². The van der Waals surface area contributed by atoms with E-state index in [1.807, 2.05) is 18.2 Å². The lowest BCUT2D eigenvalue weighted by Gasteiger charge is -2.08. The Kier molecular flexibility index (Phi) is 34.8. The summed E-state index contributed by atoms with van der Waals surface area (Å²) in [4.78, 5) is 49.1. The molecule has 4 rings (SSSR count). The number of carbonyl (C=O) groups is 4. The van der Waals surface area contributed by atoms with Crippen LogP contribution in [0.4, 0.5) is 0 Å². The van der Waals surface area contributed by atoms with Crippen molar-refractivity contribution in [1.82, 2.24) is 0 Å². The molecule has 70 heavy (non-hydrogen) atoms. The minimum absolute atomic E-state index is 0.0311. The fourth-order valence-corrected chi connectivity index (χ4v) is 7.75. The molecule has 0 spiro atoms. The van der Waals surface area contributed by atoms with Crippen LogP contribution in [0.25, 0.3) is 0 Å². The van der Waals surface area contributed by atoms with Crippen LogP contribution in [0, 0.1) is 0 Å². The van der Waals surface area contributed by atoms with Gasteiger partial charge in [0.1, 0.15) is 23.0 Å².